The van der Waals surface area contributed by atoms with Gasteiger partial charge in [0.05, 0.1) is 0 Å². The van der Waals surface area contributed by atoms with Crippen molar-refractivity contribution < 1.29 is 32.2 Å². The molecule has 3 aromatic rings. The van der Waals surface area contributed by atoms with Gasteiger partial charge in [-0.05, 0) is 75.2 Å². The highest BCUT2D eigenvalue weighted by Gasteiger charge is 2.31. The number of benzene rings is 2. The standard InChI is InChI=1S/C26H24F3O4S/c1-18-15-22(34-13-5-6-14-34)16-19(2)24(18)31-17-23(30)33-25(3,4)12-11-20-7-9-21(10-8-20)32-26(27,28)29/h5-10,13-16H,17H2,1-4H3/q+1. The average molecular weight is 490 g/mol. The van der Waals surface area contributed by atoms with Gasteiger partial charge in [-0.2, -0.15) is 0 Å². The van der Waals surface area contributed by atoms with Crippen molar-refractivity contribution in [1.29, 1.82) is 0 Å². The summed E-state index contributed by atoms with van der Waals surface area (Å²) in [6.45, 7) is 6.83. The molecule has 0 saturated carbocycles. The van der Waals surface area contributed by atoms with Crippen LogP contribution < -0.4 is 9.47 Å². The molecule has 0 atom stereocenters. The van der Waals surface area contributed by atoms with Crippen LogP contribution >= 0.6 is 10.5 Å². The second-order valence-corrected chi connectivity index (χ2v) is 9.77. The molecule has 178 valence electrons. The number of rotatable bonds is 6. The molecule has 2 aromatic carbocycles. The molecule has 0 spiro atoms. The maximum atomic E-state index is 12.4. The Balaban J connectivity index is 1.59. The van der Waals surface area contributed by atoms with Crippen LogP contribution in [0.1, 0.15) is 30.5 Å². The van der Waals surface area contributed by atoms with Crippen molar-refractivity contribution in [1.82, 2.24) is 0 Å². The van der Waals surface area contributed by atoms with Gasteiger partial charge in [0.15, 0.2) is 17.1 Å². The maximum absolute atomic E-state index is 12.4. The van der Waals surface area contributed by atoms with Crippen LogP contribution in [0.25, 0.3) is 4.90 Å². The van der Waals surface area contributed by atoms with E-state index in [0.29, 0.717) is 11.3 Å². The molecule has 3 rings (SSSR count). The molecule has 0 fully saturated rings. The molecule has 0 aliphatic carbocycles. The molecule has 4 nitrogen and oxygen atoms in total. The first-order chi connectivity index (χ1) is 15.9. The first kappa shape index (κ1) is 25.2. The van der Waals surface area contributed by atoms with Crippen LogP contribution in [0.15, 0.2) is 59.3 Å². The molecule has 0 unspecified atom stereocenters. The van der Waals surface area contributed by atoms with E-state index in [2.05, 4.69) is 39.5 Å². The zero-order valence-electron chi connectivity index (χ0n) is 19.2. The summed E-state index contributed by atoms with van der Waals surface area (Å²) in [5, 5.41) is 4.28. The Bertz CT molecular complexity index is 1180. The van der Waals surface area contributed by atoms with E-state index in [1.165, 1.54) is 29.2 Å². The third-order valence-electron chi connectivity index (χ3n) is 4.57. The Morgan fingerprint density at radius 2 is 1.59 bits per heavy atom. The zero-order chi connectivity index (χ0) is 24.9. The summed E-state index contributed by atoms with van der Waals surface area (Å²) in [6, 6.07) is 13.3. The Labute approximate surface area is 199 Å². The maximum Gasteiger partial charge on any atom is 0.573 e. The molecule has 8 heteroatoms. The second kappa shape index (κ2) is 10.2. The lowest BCUT2D eigenvalue weighted by Crippen LogP contribution is -2.29. The molecular weight excluding hydrogens is 465 g/mol. The van der Waals surface area contributed by atoms with E-state index in [1.54, 1.807) is 13.8 Å². The molecule has 0 bridgehead atoms. The van der Waals surface area contributed by atoms with E-state index >= 15 is 0 Å². The number of esters is 1. The third kappa shape index (κ3) is 7.29. The molecule has 0 aliphatic rings. The van der Waals surface area contributed by atoms with Gasteiger partial charge in [-0.1, -0.05) is 11.8 Å². The van der Waals surface area contributed by atoms with Gasteiger partial charge in [0.25, 0.3) is 0 Å². The van der Waals surface area contributed by atoms with E-state index in [-0.39, 0.29) is 22.8 Å². The topological polar surface area (TPSA) is 44.8 Å². The Morgan fingerprint density at radius 3 is 2.15 bits per heavy atom. The van der Waals surface area contributed by atoms with E-state index < -0.39 is 17.9 Å². The number of alkyl halides is 3. The Kier molecular flexibility index (Phi) is 7.57. The predicted octanol–water partition coefficient (Wildman–Crippen LogP) is 6.69. The smallest absolute Gasteiger partial charge is 0.481 e. The summed E-state index contributed by atoms with van der Waals surface area (Å²) in [4.78, 5) is 13.5. The quantitative estimate of drug-likeness (QED) is 0.220. The first-order valence-corrected chi connectivity index (χ1v) is 11.7. The van der Waals surface area contributed by atoms with Gasteiger partial charge in [-0.3, -0.25) is 0 Å². The van der Waals surface area contributed by atoms with Crippen molar-refractivity contribution in [3.8, 4) is 28.2 Å². The summed E-state index contributed by atoms with van der Waals surface area (Å²) in [5.74, 6) is 5.32. The minimum atomic E-state index is -4.75. The number of hydrogen-bond donors (Lipinski definition) is 0. The zero-order valence-corrected chi connectivity index (χ0v) is 20.0. The lowest BCUT2D eigenvalue weighted by molar-refractivity contribution is -0.274. The number of hydrogen-bond acceptors (Lipinski definition) is 4. The van der Waals surface area contributed by atoms with Crippen LogP contribution in [0.5, 0.6) is 11.5 Å². The SMILES string of the molecule is Cc1cc(-[s+]2cccc2)cc(C)c1OCC(=O)OC(C)(C)C#Cc1ccc(OC(F)(F)F)cc1. The van der Waals surface area contributed by atoms with Crippen molar-refractivity contribution in [2.75, 3.05) is 6.61 Å². The molecule has 0 amide bonds. The van der Waals surface area contributed by atoms with Crippen molar-refractivity contribution in [2.24, 2.45) is 0 Å². The molecule has 0 N–H and O–H groups in total. The van der Waals surface area contributed by atoms with Gasteiger partial charge in [-0.25, -0.2) is 4.79 Å². The van der Waals surface area contributed by atoms with Crippen LogP contribution in [0.2, 0.25) is 0 Å². The van der Waals surface area contributed by atoms with Crippen molar-refractivity contribution in [3.63, 3.8) is 0 Å². The van der Waals surface area contributed by atoms with Gasteiger partial charge in [0, 0.05) is 28.2 Å². The number of aryl methyl sites for hydroxylation is 2. The molecular formula is C26H24F3O4S+. The van der Waals surface area contributed by atoms with Crippen molar-refractivity contribution in [3.05, 3.63) is 76.0 Å². The fourth-order valence-electron chi connectivity index (χ4n) is 3.17. The Morgan fingerprint density at radius 1 is 1.00 bits per heavy atom. The van der Waals surface area contributed by atoms with Gasteiger partial charge in [0.2, 0.25) is 0 Å². The monoisotopic (exact) mass is 489 g/mol. The van der Waals surface area contributed by atoms with Crippen LogP contribution in [0.4, 0.5) is 13.2 Å². The highest BCUT2D eigenvalue weighted by molar-refractivity contribution is 7.36. The summed E-state index contributed by atoms with van der Waals surface area (Å²) in [6.07, 6.45) is -4.75. The van der Waals surface area contributed by atoms with Crippen molar-refractivity contribution >= 4 is 16.4 Å². The third-order valence-corrected chi connectivity index (χ3v) is 6.25. The number of ether oxygens (including phenoxy) is 3. The molecule has 1 heterocycles. The summed E-state index contributed by atoms with van der Waals surface area (Å²) in [5.41, 5.74) is 1.19. The van der Waals surface area contributed by atoms with Gasteiger partial charge >= 0.3 is 12.3 Å². The van der Waals surface area contributed by atoms with Crippen LogP contribution in [0.3, 0.4) is 0 Å². The number of halogens is 3. The average Bonchev–Trinajstić information content (AvgIpc) is 3.26. The number of thiophene rings is 1. The minimum Gasteiger partial charge on any atom is -0.481 e. The highest BCUT2D eigenvalue weighted by atomic mass is 32.2. The van der Waals surface area contributed by atoms with Crippen LogP contribution in [0, 0.1) is 25.7 Å². The molecule has 1 aromatic heterocycles. The number of carbonyl (C=O) groups excluding carboxylic acids is 1. The normalized spacial score (nSPS) is 11.4. The van der Waals surface area contributed by atoms with Gasteiger partial charge in [-0.15, -0.1) is 13.2 Å². The highest BCUT2D eigenvalue weighted by Crippen LogP contribution is 2.35. The van der Waals surface area contributed by atoms with E-state index in [0.717, 1.165) is 11.1 Å². The van der Waals surface area contributed by atoms with E-state index in [4.69, 9.17) is 9.47 Å². The molecule has 0 saturated heterocycles. The van der Waals surface area contributed by atoms with Gasteiger partial charge < -0.3 is 14.2 Å². The van der Waals surface area contributed by atoms with Crippen LogP contribution in [-0.4, -0.2) is 24.5 Å². The first-order valence-electron chi connectivity index (χ1n) is 10.3. The van der Waals surface area contributed by atoms with Crippen molar-refractivity contribution in [2.45, 2.75) is 39.7 Å². The lowest BCUT2D eigenvalue weighted by Gasteiger charge is -2.19. The second-order valence-electron chi connectivity index (χ2n) is 8.01. The summed E-state index contributed by atoms with van der Waals surface area (Å²) < 4.78 is 51.8. The predicted molar refractivity (Wildman–Crippen MR) is 125 cm³/mol. The summed E-state index contributed by atoms with van der Waals surface area (Å²) >= 11 is 0. The summed E-state index contributed by atoms with van der Waals surface area (Å²) in [7, 11) is -0.0504. The fraction of sp³-hybridized carbons (Fsp3) is 0.269. The molecule has 0 radical (unpaired) electrons. The van der Waals surface area contributed by atoms with E-state index in [9.17, 15) is 18.0 Å². The molecule has 34 heavy (non-hydrogen) atoms. The van der Waals surface area contributed by atoms with Gasteiger partial charge in [0.1, 0.15) is 22.3 Å². The molecule has 0 aliphatic heterocycles. The number of carbonyl (C=O) groups is 1. The lowest BCUT2D eigenvalue weighted by atomic mass is 10.1. The minimum absolute atomic E-state index is 0.0504. The van der Waals surface area contributed by atoms with Crippen LogP contribution in [-0.2, 0) is 9.53 Å². The largest absolute Gasteiger partial charge is 0.573 e. The Hall–Kier alpha value is -3.44. The van der Waals surface area contributed by atoms with E-state index in [1.807, 2.05) is 26.0 Å². The fourth-order valence-corrected chi connectivity index (χ4v) is 4.72.